The number of methoxy groups -OCH3 is 1. The lowest BCUT2D eigenvalue weighted by molar-refractivity contribution is -0.127. The number of ketones is 1. The van der Waals surface area contributed by atoms with Crippen molar-refractivity contribution in [3.8, 4) is 0 Å². The number of carbonyl (C=O) groups excluding carboxylic acids is 3. The molecule has 0 bridgehead atoms. The van der Waals surface area contributed by atoms with E-state index >= 15 is 0 Å². The molecule has 1 aromatic carbocycles. The zero-order valence-electron chi connectivity index (χ0n) is 18.2. The molecule has 1 heterocycles. The number of Topliss-reactive ketones (excluding diaryl/α,β-unsaturated/α-hetero) is 1. The normalized spacial score (nSPS) is 19.2. The summed E-state index contributed by atoms with van der Waals surface area (Å²) in [5, 5.41) is 13.7. The predicted octanol–water partition coefficient (Wildman–Crippen LogP) is 2.48. The van der Waals surface area contributed by atoms with Gasteiger partial charge in [-0.1, -0.05) is 42.8 Å². The Morgan fingerprint density at radius 1 is 1.19 bits per heavy atom. The van der Waals surface area contributed by atoms with Crippen LogP contribution in [-0.4, -0.2) is 59.9 Å². The molecular formula is C22H28N4O5S. The second kappa shape index (κ2) is 11.8. The SMILES string of the molecule is COCC[C@H](NC(=O)[C@@H]1CCCC[C@@H]1NC(=O)c1ccccc1)C(=O)c1nnc(SC)o1. The monoisotopic (exact) mass is 460 g/mol. The van der Waals surface area contributed by atoms with Crippen LogP contribution in [0.15, 0.2) is 40.0 Å². The summed E-state index contributed by atoms with van der Waals surface area (Å²) < 4.78 is 10.5. The van der Waals surface area contributed by atoms with E-state index in [1.54, 1.807) is 30.5 Å². The van der Waals surface area contributed by atoms with Gasteiger partial charge in [-0.3, -0.25) is 14.4 Å². The Labute approximate surface area is 191 Å². The Balaban J connectivity index is 1.69. The Kier molecular flexibility index (Phi) is 8.81. The first-order valence-corrected chi connectivity index (χ1v) is 11.8. The number of rotatable bonds is 10. The summed E-state index contributed by atoms with van der Waals surface area (Å²) in [5.74, 6) is -1.52. The average Bonchev–Trinajstić information content (AvgIpc) is 3.31. The number of aromatic nitrogens is 2. The van der Waals surface area contributed by atoms with Crippen molar-refractivity contribution in [1.29, 1.82) is 0 Å². The van der Waals surface area contributed by atoms with Gasteiger partial charge in [0.1, 0.15) is 0 Å². The highest BCUT2D eigenvalue weighted by Gasteiger charge is 2.35. The number of thioether (sulfide) groups is 1. The molecule has 2 amide bonds. The molecule has 0 unspecified atom stereocenters. The summed E-state index contributed by atoms with van der Waals surface area (Å²) in [6, 6.07) is 7.75. The molecule has 9 nitrogen and oxygen atoms in total. The summed E-state index contributed by atoms with van der Waals surface area (Å²) in [5.41, 5.74) is 0.548. The number of carbonyl (C=O) groups is 3. The van der Waals surface area contributed by atoms with Gasteiger partial charge in [0, 0.05) is 25.3 Å². The van der Waals surface area contributed by atoms with Crippen LogP contribution in [0, 0.1) is 5.92 Å². The van der Waals surface area contributed by atoms with E-state index < -0.39 is 17.7 Å². The molecule has 0 saturated heterocycles. The summed E-state index contributed by atoms with van der Waals surface area (Å²) in [4.78, 5) is 38.7. The largest absolute Gasteiger partial charge is 0.408 e. The lowest BCUT2D eigenvalue weighted by Gasteiger charge is -2.32. The molecule has 1 fully saturated rings. The molecule has 32 heavy (non-hydrogen) atoms. The van der Waals surface area contributed by atoms with E-state index in [1.165, 1.54) is 18.9 Å². The van der Waals surface area contributed by atoms with Crippen LogP contribution in [0.5, 0.6) is 0 Å². The van der Waals surface area contributed by atoms with Crippen LogP contribution in [0.1, 0.15) is 53.1 Å². The van der Waals surface area contributed by atoms with Gasteiger partial charge in [-0.15, -0.1) is 10.2 Å². The zero-order chi connectivity index (χ0) is 22.9. The van der Waals surface area contributed by atoms with Crippen LogP contribution in [0.4, 0.5) is 0 Å². The minimum Gasteiger partial charge on any atom is -0.408 e. The zero-order valence-corrected chi connectivity index (χ0v) is 19.0. The molecule has 0 aliphatic heterocycles. The maximum atomic E-state index is 13.2. The standard InChI is InChI=1S/C22H28N4O5S/c1-30-13-12-17(18(27)21-25-26-22(31-21)32-2)24-20(29)15-10-6-7-11-16(15)23-19(28)14-8-4-3-5-9-14/h3-5,8-9,15-17H,6-7,10-13H2,1-2H3,(H,23,28)(H,24,29)/t15-,16+,17+/m1/s1. The van der Waals surface area contributed by atoms with E-state index in [0.29, 0.717) is 18.4 Å². The summed E-state index contributed by atoms with van der Waals surface area (Å²) >= 11 is 1.23. The molecule has 1 saturated carbocycles. The van der Waals surface area contributed by atoms with Gasteiger partial charge < -0.3 is 19.8 Å². The van der Waals surface area contributed by atoms with Crippen LogP contribution in [-0.2, 0) is 9.53 Å². The van der Waals surface area contributed by atoms with Gasteiger partial charge in [-0.25, -0.2) is 0 Å². The van der Waals surface area contributed by atoms with E-state index in [9.17, 15) is 14.4 Å². The molecule has 2 N–H and O–H groups in total. The fraction of sp³-hybridized carbons (Fsp3) is 0.500. The number of nitrogens with zero attached hydrogens (tertiary/aromatic N) is 2. The molecule has 1 aliphatic rings. The van der Waals surface area contributed by atoms with Gasteiger partial charge in [0.25, 0.3) is 17.0 Å². The highest BCUT2D eigenvalue weighted by molar-refractivity contribution is 7.98. The first kappa shape index (κ1) is 23.9. The molecule has 172 valence electrons. The van der Waals surface area contributed by atoms with E-state index in [2.05, 4.69) is 20.8 Å². The molecule has 0 spiro atoms. The maximum absolute atomic E-state index is 13.2. The average molecular weight is 461 g/mol. The number of ether oxygens (including phenoxy) is 1. The van der Waals surface area contributed by atoms with Crippen LogP contribution >= 0.6 is 11.8 Å². The van der Waals surface area contributed by atoms with Gasteiger partial charge >= 0.3 is 0 Å². The second-order valence-electron chi connectivity index (χ2n) is 7.62. The first-order valence-electron chi connectivity index (χ1n) is 10.6. The highest BCUT2D eigenvalue weighted by atomic mass is 32.2. The third kappa shape index (κ3) is 6.17. The Bertz CT molecular complexity index is 920. The number of benzene rings is 1. The molecule has 3 atom stereocenters. The summed E-state index contributed by atoms with van der Waals surface area (Å²) in [6.07, 6.45) is 5.18. The van der Waals surface area contributed by atoms with Crippen molar-refractivity contribution in [2.24, 2.45) is 5.92 Å². The van der Waals surface area contributed by atoms with E-state index in [-0.39, 0.29) is 42.0 Å². The van der Waals surface area contributed by atoms with Crippen molar-refractivity contribution in [3.05, 3.63) is 41.8 Å². The number of hydrogen-bond donors (Lipinski definition) is 2. The van der Waals surface area contributed by atoms with Gasteiger partial charge in [0.15, 0.2) is 0 Å². The summed E-state index contributed by atoms with van der Waals surface area (Å²) in [7, 11) is 1.53. The van der Waals surface area contributed by atoms with Gasteiger partial charge in [-0.2, -0.15) is 0 Å². The maximum Gasteiger partial charge on any atom is 0.286 e. The van der Waals surface area contributed by atoms with Gasteiger partial charge in [0.05, 0.1) is 12.0 Å². The number of nitrogens with one attached hydrogen (secondary N) is 2. The fourth-order valence-corrected chi connectivity index (χ4v) is 4.07. The fourth-order valence-electron chi connectivity index (χ4n) is 3.78. The molecule has 1 aromatic heterocycles. The molecule has 2 aromatic rings. The molecule has 10 heteroatoms. The second-order valence-corrected chi connectivity index (χ2v) is 8.38. The minimum absolute atomic E-state index is 0.145. The van der Waals surface area contributed by atoms with Crippen molar-refractivity contribution in [2.75, 3.05) is 20.0 Å². The third-order valence-corrected chi connectivity index (χ3v) is 6.00. The minimum atomic E-state index is -0.856. The number of hydrogen-bond acceptors (Lipinski definition) is 8. The van der Waals surface area contributed by atoms with Crippen molar-refractivity contribution in [2.45, 2.75) is 49.4 Å². The van der Waals surface area contributed by atoms with Crippen LogP contribution in [0.3, 0.4) is 0 Å². The van der Waals surface area contributed by atoms with Crippen LogP contribution in [0.2, 0.25) is 0 Å². The van der Waals surface area contributed by atoms with Gasteiger partial charge in [0.2, 0.25) is 11.7 Å². The first-order chi connectivity index (χ1) is 15.5. The topological polar surface area (TPSA) is 123 Å². The van der Waals surface area contributed by atoms with Crippen molar-refractivity contribution < 1.29 is 23.5 Å². The smallest absolute Gasteiger partial charge is 0.286 e. The summed E-state index contributed by atoms with van der Waals surface area (Å²) in [6.45, 7) is 0.277. The van der Waals surface area contributed by atoms with E-state index in [0.717, 1.165) is 12.8 Å². The molecular weight excluding hydrogens is 432 g/mol. The van der Waals surface area contributed by atoms with Crippen LogP contribution < -0.4 is 10.6 Å². The van der Waals surface area contributed by atoms with Crippen molar-refractivity contribution >= 4 is 29.4 Å². The van der Waals surface area contributed by atoms with E-state index in [4.69, 9.17) is 9.15 Å². The Morgan fingerprint density at radius 2 is 1.94 bits per heavy atom. The highest BCUT2D eigenvalue weighted by Crippen LogP contribution is 2.25. The lowest BCUT2D eigenvalue weighted by atomic mass is 9.83. The van der Waals surface area contributed by atoms with E-state index in [1.807, 2.05) is 6.07 Å². The Hall–Kier alpha value is -2.72. The predicted molar refractivity (Wildman–Crippen MR) is 118 cm³/mol. The number of amides is 2. The quantitative estimate of drug-likeness (QED) is 0.409. The lowest BCUT2D eigenvalue weighted by Crippen LogP contribution is -2.52. The molecule has 1 aliphatic carbocycles. The van der Waals surface area contributed by atoms with Crippen molar-refractivity contribution in [3.63, 3.8) is 0 Å². The third-order valence-electron chi connectivity index (χ3n) is 5.49. The van der Waals surface area contributed by atoms with Gasteiger partial charge in [-0.05, 0) is 37.7 Å². The Morgan fingerprint density at radius 3 is 2.62 bits per heavy atom. The molecule has 0 radical (unpaired) electrons. The molecule has 3 rings (SSSR count). The van der Waals surface area contributed by atoms with Crippen LogP contribution in [0.25, 0.3) is 0 Å². The van der Waals surface area contributed by atoms with Crippen molar-refractivity contribution in [1.82, 2.24) is 20.8 Å².